The molecule has 2 rings (SSSR count). The predicted molar refractivity (Wildman–Crippen MR) is 80.2 cm³/mol. The molecule has 1 nitrogen and oxygen atoms in total. The largest absolute Gasteiger partial charge is 0.382 e. The van der Waals surface area contributed by atoms with Crippen LogP contribution in [0, 0.1) is 5.92 Å². The molecule has 1 aromatic rings. The number of benzene rings is 1. The molecule has 0 amide bonds. The molecule has 1 heteroatoms. The minimum Gasteiger partial charge on any atom is -0.382 e. The molecule has 0 radical (unpaired) electrons. The molecule has 0 spiro atoms. The molecule has 1 aliphatic carbocycles. The van der Waals surface area contributed by atoms with Gasteiger partial charge in [0, 0.05) is 11.7 Å². The molecule has 2 atom stereocenters. The fourth-order valence-corrected chi connectivity index (χ4v) is 2.83. The van der Waals surface area contributed by atoms with Crippen LogP contribution in [0.1, 0.15) is 64.4 Å². The van der Waals surface area contributed by atoms with Crippen LogP contribution in [-0.4, -0.2) is 6.04 Å². The summed E-state index contributed by atoms with van der Waals surface area (Å²) >= 11 is 0. The molecule has 1 saturated carbocycles. The van der Waals surface area contributed by atoms with Gasteiger partial charge in [-0.2, -0.15) is 0 Å². The van der Waals surface area contributed by atoms with Crippen LogP contribution in [0.25, 0.3) is 0 Å². The van der Waals surface area contributed by atoms with Crippen LogP contribution < -0.4 is 5.32 Å². The Morgan fingerprint density at radius 1 is 1.00 bits per heavy atom. The Morgan fingerprint density at radius 2 is 1.72 bits per heavy atom. The van der Waals surface area contributed by atoms with E-state index in [0.717, 1.165) is 5.92 Å². The molecule has 1 fully saturated rings. The van der Waals surface area contributed by atoms with Crippen molar-refractivity contribution in [2.45, 2.75) is 64.8 Å². The summed E-state index contributed by atoms with van der Waals surface area (Å²) in [6, 6.07) is 9.67. The van der Waals surface area contributed by atoms with Crippen molar-refractivity contribution in [2.75, 3.05) is 5.32 Å². The summed E-state index contributed by atoms with van der Waals surface area (Å²) < 4.78 is 0. The Labute approximate surface area is 112 Å². The van der Waals surface area contributed by atoms with Crippen molar-refractivity contribution in [3.8, 4) is 0 Å². The Hall–Kier alpha value is -0.980. The van der Waals surface area contributed by atoms with Crippen LogP contribution in [-0.2, 0) is 0 Å². The molecular formula is C17H27N. The third-order valence-corrected chi connectivity index (χ3v) is 4.21. The second-order valence-electron chi connectivity index (χ2n) is 6.23. The number of hydrogen-bond donors (Lipinski definition) is 1. The highest BCUT2D eigenvalue weighted by atomic mass is 14.9. The summed E-state index contributed by atoms with van der Waals surface area (Å²) in [4.78, 5) is 0. The van der Waals surface area contributed by atoms with Gasteiger partial charge < -0.3 is 5.32 Å². The lowest BCUT2D eigenvalue weighted by Gasteiger charge is -2.18. The number of anilines is 1. The minimum absolute atomic E-state index is 0.623. The van der Waals surface area contributed by atoms with Gasteiger partial charge >= 0.3 is 0 Å². The van der Waals surface area contributed by atoms with Crippen LogP contribution >= 0.6 is 0 Å². The van der Waals surface area contributed by atoms with Crippen molar-refractivity contribution in [3.63, 3.8) is 0 Å². The van der Waals surface area contributed by atoms with Gasteiger partial charge in [-0.1, -0.05) is 45.7 Å². The molecular weight excluding hydrogens is 218 g/mol. The standard InChI is InChI=1S/C17H27N/c1-13(2)15-8-11-17(12-9-15)18-16-6-4-5-14(3)7-10-16/h8-9,11-14,16,18H,4-7,10H2,1-3H3. The van der Waals surface area contributed by atoms with Gasteiger partial charge in [-0.05, 0) is 48.8 Å². The molecule has 1 N–H and O–H groups in total. The minimum atomic E-state index is 0.623. The van der Waals surface area contributed by atoms with E-state index in [2.05, 4.69) is 50.4 Å². The Kier molecular flexibility index (Phi) is 4.68. The molecule has 18 heavy (non-hydrogen) atoms. The number of nitrogens with one attached hydrogen (secondary N) is 1. The zero-order chi connectivity index (χ0) is 13.0. The van der Waals surface area contributed by atoms with Gasteiger partial charge in [0.1, 0.15) is 0 Å². The Morgan fingerprint density at radius 3 is 2.39 bits per heavy atom. The fraction of sp³-hybridized carbons (Fsp3) is 0.647. The quantitative estimate of drug-likeness (QED) is 0.722. The first-order valence-electron chi connectivity index (χ1n) is 7.51. The van der Waals surface area contributed by atoms with Crippen molar-refractivity contribution in [2.24, 2.45) is 5.92 Å². The topological polar surface area (TPSA) is 12.0 Å². The van der Waals surface area contributed by atoms with Crippen molar-refractivity contribution >= 4 is 5.69 Å². The van der Waals surface area contributed by atoms with Crippen LogP contribution in [0.3, 0.4) is 0 Å². The SMILES string of the molecule is CC1CCCC(Nc2ccc(C(C)C)cc2)CC1. The lowest BCUT2D eigenvalue weighted by atomic mass is 10.0. The van der Waals surface area contributed by atoms with Crippen molar-refractivity contribution in [1.29, 1.82) is 0 Å². The van der Waals surface area contributed by atoms with Gasteiger partial charge in [0.15, 0.2) is 0 Å². The molecule has 0 saturated heterocycles. The summed E-state index contributed by atoms with van der Waals surface area (Å²) in [6.07, 6.45) is 6.82. The van der Waals surface area contributed by atoms with E-state index in [4.69, 9.17) is 0 Å². The molecule has 1 aromatic carbocycles. The molecule has 2 unspecified atom stereocenters. The molecule has 0 aliphatic heterocycles. The van der Waals surface area contributed by atoms with E-state index in [-0.39, 0.29) is 0 Å². The van der Waals surface area contributed by atoms with E-state index < -0.39 is 0 Å². The predicted octanol–water partition coefficient (Wildman–Crippen LogP) is 5.19. The zero-order valence-electron chi connectivity index (χ0n) is 12.1. The van der Waals surface area contributed by atoms with Crippen LogP contribution in [0.4, 0.5) is 5.69 Å². The lowest BCUT2D eigenvalue weighted by molar-refractivity contribution is 0.502. The van der Waals surface area contributed by atoms with Crippen LogP contribution in [0.5, 0.6) is 0 Å². The first-order valence-corrected chi connectivity index (χ1v) is 7.51. The van der Waals surface area contributed by atoms with Gasteiger partial charge in [-0.25, -0.2) is 0 Å². The van der Waals surface area contributed by atoms with Gasteiger partial charge in [0.25, 0.3) is 0 Å². The molecule has 0 aromatic heterocycles. The first-order chi connectivity index (χ1) is 8.65. The van der Waals surface area contributed by atoms with E-state index in [9.17, 15) is 0 Å². The first kappa shape index (κ1) is 13.5. The van der Waals surface area contributed by atoms with Gasteiger partial charge in [-0.15, -0.1) is 0 Å². The van der Waals surface area contributed by atoms with Crippen molar-refractivity contribution in [1.82, 2.24) is 0 Å². The second-order valence-corrected chi connectivity index (χ2v) is 6.23. The van der Waals surface area contributed by atoms with E-state index in [1.165, 1.54) is 43.4 Å². The highest BCUT2D eigenvalue weighted by Crippen LogP contribution is 2.25. The maximum atomic E-state index is 3.71. The molecule has 100 valence electrons. The maximum Gasteiger partial charge on any atom is 0.0342 e. The fourth-order valence-electron chi connectivity index (χ4n) is 2.83. The van der Waals surface area contributed by atoms with Gasteiger partial charge in [-0.3, -0.25) is 0 Å². The van der Waals surface area contributed by atoms with Crippen molar-refractivity contribution < 1.29 is 0 Å². The van der Waals surface area contributed by atoms with E-state index >= 15 is 0 Å². The van der Waals surface area contributed by atoms with Gasteiger partial charge in [0.2, 0.25) is 0 Å². The molecule has 0 heterocycles. The summed E-state index contributed by atoms with van der Waals surface area (Å²) in [5, 5.41) is 3.71. The summed E-state index contributed by atoms with van der Waals surface area (Å²) in [6.45, 7) is 6.88. The lowest BCUT2D eigenvalue weighted by Crippen LogP contribution is -2.18. The third kappa shape index (κ3) is 3.76. The Balaban J connectivity index is 1.92. The number of rotatable bonds is 3. The monoisotopic (exact) mass is 245 g/mol. The molecule has 1 aliphatic rings. The molecule has 0 bridgehead atoms. The maximum absolute atomic E-state index is 3.71. The third-order valence-electron chi connectivity index (χ3n) is 4.21. The highest BCUT2D eigenvalue weighted by molar-refractivity contribution is 5.45. The van der Waals surface area contributed by atoms with Crippen molar-refractivity contribution in [3.05, 3.63) is 29.8 Å². The van der Waals surface area contributed by atoms with E-state index in [1.54, 1.807) is 0 Å². The summed E-state index contributed by atoms with van der Waals surface area (Å²) in [7, 11) is 0. The average molecular weight is 245 g/mol. The second kappa shape index (κ2) is 6.26. The average Bonchev–Trinajstić information content (AvgIpc) is 2.55. The van der Waals surface area contributed by atoms with E-state index in [1.807, 2.05) is 0 Å². The summed E-state index contributed by atoms with van der Waals surface area (Å²) in [5.41, 5.74) is 2.72. The van der Waals surface area contributed by atoms with Gasteiger partial charge in [0.05, 0.1) is 0 Å². The number of hydrogen-bond acceptors (Lipinski definition) is 1. The smallest absolute Gasteiger partial charge is 0.0342 e. The Bertz CT molecular complexity index is 352. The normalized spacial score (nSPS) is 24.9. The zero-order valence-corrected chi connectivity index (χ0v) is 12.1. The van der Waals surface area contributed by atoms with Crippen LogP contribution in [0.2, 0.25) is 0 Å². The summed E-state index contributed by atoms with van der Waals surface area (Å²) in [5.74, 6) is 1.54. The van der Waals surface area contributed by atoms with Crippen LogP contribution in [0.15, 0.2) is 24.3 Å². The van der Waals surface area contributed by atoms with E-state index in [0.29, 0.717) is 12.0 Å². The highest BCUT2D eigenvalue weighted by Gasteiger charge is 2.15.